The molecule has 0 unspecified atom stereocenters. The monoisotopic (exact) mass is 293 g/mol. The molecule has 0 bridgehead atoms. The van der Waals surface area contributed by atoms with Gasteiger partial charge in [0.25, 0.3) is 0 Å². The molecule has 1 saturated carbocycles. The number of rotatable bonds is 5. The molecular weight excluding hydrogens is 270 g/mol. The standard InChI is InChI=1S/C16H24ClN3/c1-16(2,13-7-4-8-14(17)9-13)11-20-15(18)19-10-12-5-3-6-12/h4,7-9,12H,3,5-6,10-11H2,1-2H3,(H3,18,19,20). The van der Waals surface area contributed by atoms with Crippen LogP contribution in [0, 0.1) is 5.92 Å². The molecule has 20 heavy (non-hydrogen) atoms. The molecule has 1 aromatic rings. The Morgan fingerprint density at radius 3 is 2.80 bits per heavy atom. The van der Waals surface area contributed by atoms with E-state index in [-0.39, 0.29) is 5.41 Å². The zero-order valence-electron chi connectivity index (χ0n) is 12.3. The van der Waals surface area contributed by atoms with Gasteiger partial charge < -0.3 is 11.1 Å². The number of nitrogens with zero attached hydrogens (tertiary/aromatic N) is 1. The van der Waals surface area contributed by atoms with Gasteiger partial charge in [-0.1, -0.05) is 44.0 Å². The number of hydrogen-bond donors (Lipinski definition) is 2. The van der Waals surface area contributed by atoms with Gasteiger partial charge in [-0.05, 0) is 36.5 Å². The van der Waals surface area contributed by atoms with Crippen LogP contribution >= 0.6 is 11.6 Å². The predicted molar refractivity (Wildman–Crippen MR) is 86.3 cm³/mol. The van der Waals surface area contributed by atoms with E-state index in [1.807, 2.05) is 18.2 Å². The van der Waals surface area contributed by atoms with E-state index in [1.54, 1.807) is 0 Å². The minimum absolute atomic E-state index is 0.0757. The Labute approximate surface area is 126 Å². The molecule has 0 heterocycles. The summed E-state index contributed by atoms with van der Waals surface area (Å²) in [5.41, 5.74) is 7.03. The van der Waals surface area contributed by atoms with Crippen LogP contribution in [-0.2, 0) is 5.41 Å². The van der Waals surface area contributed by atoms with Crippen molar-refractivity contribution in [3.05, 3.63) is 34.9 Å². The lowest BCUT2D eigenvalue weighted by molar-refractivity contribution is 0.315. The quantitative estimate of drug-likeness (QED) is 0.646. The number of aliphatic imine (C=N–C) groups is 1. The summed E-state index contributed by atoms with van der Waals surface area (Å²) in [6.45, 7) is 5.91. The van der Waals surface area contributed by atoms with Gasteiger partial charge in [-0.2, -0.15) is 0 Å². The smallest absolute Gasteiger partial charge is 0.188 e. The SMILES string of the molecule is CC(C)(CN=C(N)NCC1CCC1)c1cccc(Cl)c1. The Kier molecular flexibility index (Phi) is 4.92. The highest BCUT2D eigenvalue weighted by Gasteiger charge is 2.21. The summed E-state index contributed by atoms with van der Waals surface area (Å²) in [6.07, 6.45) is 3.98. The zero-order chi connectivity index (χ0) is 14.6. The van der Waals surface area contributed by atoms with Crippen molar-refractivity contribution in [1.82, 2.24) is 5.32 Å². The van der Waals surface area contributed by atoms with Crippen molar-refractivity contribution in [2.24, 2.45) is 16.6 Å². The van der Waals surface area contributed by atoms with Crippen LogP contribution in [0.3, 0.4) is 0 Å². The van der Waals surface area contributed by atoms with E-state index >= 15 is 0 Å². The van der Waals surface area contributed by atoms with E-state index in [0.717, 1.165) is 17.5 Å². The third-order valence-electron chi connectivity index (χ3n) is 4.05. The second-order valence-corrected chi connectivity index (χ2v) is 6.71. The molecule has 0 radical (unpaired) electrons. The van der Waals surface area contributed by atoms with Gasteiger partial charge in [-0.25, -0.2) is 0 Å². The highest BCUT2D eigenvalue weighted by Crippen LogP contribution is 2.26. The van der Waals surface area contributed by atoms with Crippen LogP contribution in [0.15, 0.2) is 29.3 Å². The molecule has 1 aliphatic carbocycles. The van der Waals surface area contributed by atoms with Crippen LogP contribution in [0.5, 0.6) is 0 Å². The summed E-state index contributed by atoms with van der Waals surface area (Å²) in [7, 11) is 0. The second kappa shape index (κ2) is 6.49. The van der Waals surface area contributed by atoms with Crippen molar-refractivity contribution in [1.29, 1.82) is 0 Å². The lowest BCUT2D eigenvalue weighted by Crippen LogP contribution is -2.38. The lowest BCUT2D eigenvalue weighted by Gasteiger charge is -2.26. The molecule has 0 aliphatic heterocycles. The first kappa shape index (κ1) is 15.2. The Bertz CT molecular complexity index is 478. The number of benzene rings is 1. The lowest BCUT2D eigenvalue weighted by atomic mass is 9.85. The topological polar surface area (TPSA) is 50.4 Å². The summed E-state index contributed by atoms with van der Waals surface area (Å²) in [5, 5.41) is 3.98. The molecule has 1 fully saturated rings. The van der Waals surface area contributed by atoms with Crippen LogP contribution in [-0.4, -0.2) is 19.0 Å². The van der Waals surface area contributed by atoms with Crippen LogP contribution in [0.2, 0.25) is 5.02 Å². The summed E-state index contributed by atoms with van der Waals surface area (Å²) in [5.74, 6) is 1.33. The molecule has 1 aromatic carbocycles. The summed E-state index contributed by atoms with van der Waals surface area (Å²) in [6, 6.07) is 7.94. The molecule has 1 aliphatic rings. The first-order valence-electron chi connectivity index (χ1n) is 7.27. The van der Waals surface area contributed by atoms with Crippen molar-refractivity contribution >= 4 is 17.6 Å². The fourth-order valence-electron chi connectivity index (χ4n) is 2.29. The predicted octanol–water partition coefficient (Wildman–Crippen LogP) is 3.32. The number of halogens is 1. The van der Waals surface area contributed by atoms with Gasteiger partial charge >= 0.3 is 0 Å². The molecule has 0 spiro atoms. The van der Waals surface area contributed by atoms with Crippen molar-refractivity contribution in [3.63, 3.8) is 0 Å². The number of hydrogen-bond acceptors (Lipinski definition) is 1. The molecule has 0 amide bonds. The highest BCUT2D eigenvalue weighted by atomic mass is 35.5. The largest absolute Gasteiger partial charge is 0.370 e. The highest BCUT2D eigenvalue weighted by molar-refractivity contribution is 6.30. The fraction of sp³-hybridized carbons (Fsp3) is 0.562. The van der Waals surface area contributed by atoms with Crippen molar-refractivity contribution in [2.75, 3.05) is 13.1 Å². The third kappa shape index (κ3) is 4.14. The van der Waals surface area contributed by atoms with Gasteiger partial charge in [0.05, 0.1) is 6.54 Å². The number of nitrogens with one attached hydrogen (secondary N) is 1. The van der Waals surface area contributed by atoms with E-state index in [9.17, 15) is 0 Å². The Morgan fingerprint density at radius 2 is 2.20 bits per heavy atom. The maximum atomic E-state index is 6.05. The van der Waals surface area contributed by atoms with E-state index in [1.165, 1.54) is 24.8 Å². The Morgan fingerprint density at radius 1 is 1.45 bits per heavy atom. The zero-order valence-corrected chi connectivity index (χ0v) is 13.1. The van der Waals surface area contributed by atoms with Crippen LogP contribution < -0.4 is 11.1 Å². The summed E-state index contributed by atoms with van der Waals surface area (Å²) < 4.78 is 0. The van der Waals surface area contributed by atoms with Crippen molar-refractivity contribution in [3.8, 4) is 0 Å². The van der Waals surface area contributed by atoms with E-state index < -0.39 is 0 Å². The molecule has 3 N–H and O–H groups in total. The average Bonchev–Trinajstić information content (AvgIpc) is 2.35. The molecule has 4 heteroatoms. The molecule has 110 valence electrons. The number of guanidine groups is 1. The van der Waals surface area contributed by atoms with Crippen LogP contribution in [0.1, 0.15) is 38.7 Å². The maximum absolute atomic E-state index is 6.05. The summed E-state index contributed by atoms with van der Waals surface area (Å²) in [4.78, 5) is 4.47. The molecule has 2 rings (SSSR count). The van der Waals surface area contributed by atoms with Gasteiger partial charge in [0.15, 0.2) is 5.96 Å². The molecule has 0 atom stereocenters. The van der Waals surface area contributed by atoms with E-state index in [0.29, 0.717) is 12.5 Å². The fourth-order valence-corrected chi connectivity index (χ4v) is 2.48. The third-order valence-corrected chi connectivity index (χ3v) is 4.28. The minimum atomic E-state index is -0.0757. The summed E-state index contributed by atoms with van der Waals surface area (Å²) >= 11 is 6.05. The molecule has 0 saturated heterocycles. The first-order valence-corrected chi connectivity index (χ1v) is 7.65. The average molecular weight is 294 g/mol. The van der Waals surface area contributed by atoms with Gasteiger partial charge in [-0.3, -0.25) is 4.99 Å². The second-order valence-electron chi connectivity index (χ2n) is 6.27. The van der Waals surface area contributed by atoms with Gasteiger partial charge in [0.2, 0.25) is 0 Å². The maximum Gasteiger partial charge on any atom is 0.188 e. The molecular formula is C16H24ClN3. The Balaban J connectivity index is 1.89. The van der Waals surface area contributed by atoms with Gasteiger partial charge in [0.1, 0.15) is 0 Å². The van der Waals surface area contributed by atoms with E-state index in [2.05, 4.69) is 30.2 Å². The van der Waals surface area contributed by atoms with Crippen molar-refractivity contribution < 1.29 is 0 Å². The Hall–Kier alpha value is -1.22. The van der Waals surface area contributed by atoms with Crippen LogP contribution in [0.25, 0.3) is 0 Å². The van der Waals surface area contributed by atoms with E-state index in [4.69, 9.17) is 17.3 Å². The normalized spacial score (nSPS) is 16.9. The van der Waals surface area contributed by atoms with Crippen LogP contribution in [0.4, 0.5) is 0 Å². The van der Waals surface area contributed by atoms with Gasteiger partial charge in [-0.15, -0.1) is 0 Å². The minimum Gasteiger partial charge on any atom is -0.370 e. The first-order chi connectivity index (χ1) is 9.47. The van der Waals surface area contributed by atoms with Crippen molar-refractivity contribution in [2.45, 2.75) is 38.5 Å². The molecule has 3 nitrogen and oxygen atoms in total. The molecule has 0 aromatic heterocycles. The van der Waals surface area contributed by atoms with Gasteiger partial charge in [0, 0.05) is 17.0 Å². The number of nitrogens with two attached hydrogens (primary N) is 1.